The maximum absolute atomic E-state index is 9.10. The molecule has 0 spiro atoms. The van der Waals surface area contributed by atoms with Crippen LogP contribution >= 0.6 is 23.4 Å². The third-order valence-electron chi connectivity index (χ3n) is 2.71. The zero-order valence-electron chi connectivity index (χ0n) is 9.06. The lowest BCUT2D eigenvalue weighted by Gasteiger charge is -2.17. The van der Waals surface area contributed by atoms with Crippen molar-refractivity contribution < 1.29 is 5.11 Å². The van der Waals surface area contributed by atoms with Crippen molar-refractivity contribution in [3.05, 3.63) is 11.2 Å². The number of aliphatic hydroxyl groups is 1. The van der Waals surface area contributed by atoms with E-state index in [-0.39, 0.29) is 6.61 Å². The topological polar surface area (TPSA) is 49.2 Å². The van der Waals surface area contributed by atoms with E-state index >= 15 is 0 Å². The molecule has 2 rings (SSSR count). The molecule has 2 heterocycles. The van der Waals surface area contributed by atoms with Crippen LogP contribution in [0.5, 0.6) is 0 Å². The number of nitrogens with zero attached hydrogens (tertiary/aromatic N) is 3. The number of halogens is 1. The molecule has 1 aliphatic heterocycles. The van der Waals surface area contributed by atoms with Gasteiger partial charge in [-0.2, -0.15) is 0 Å². The van der Waals surface area contributed by atoms with E-state index in [2.05, 4.69) is 14.9 Å². The standard InChI is InChI=1S/C10H14ClN3OS/c1-16-10-12-8(11)4-9(13-10)14-3-2-7(5-14)6-15/h4,7,15H,2-3,5-6H2,1H3/t7-/m0/s1. The van der Waals surface area contributed by atoms with E-state index in [1.54, 1.807) is 6.07 Å². The monoisotopic (exact) mass is 259 g/mol. The molecule has 0 radical (unpaired) electrons. The van der Waals surface area contributed by atoms with E-state index in [0.717, 1.165) is 25.3 Å². The fraction of sp³-hybridized carbons (Fsp3) is 0.600. The normalized spacial score (nSPS) is 20.4. The van der Waals surface area contributed by atoms with Crippen LogP contribution in [0.15, 0.2) is 11.2 Å². The van der Waals surface area contributed by atoms with E-state index in [1.807, 2.05) is 6.26 Å². The van der Waals surface area contributed by atoms with Gasteiger partial charge in [0, 0.05) is 31.7 Å². The van der Waals surface area contributed by atoms with Gasteiger partial charge in [-0.15, -0.1) is 0 Å². The Morgan fingerprint density at radius 2 is 2.44 bits per heavy atom. The highest BCUT2D eigenvalue weighted by Crippen LogP contribution is 2.25. The molecule has 16 heavy (non-hydrogen) atoms. The van der Waals surface area contributed by atoms with Crippen LogP contribution in [-0.4, -0.2) is 41.0 Å². The highest BCUT2D eigenvalue weighted by Gasteiger charge is 2.23. The zero-order valence-corrected chi connectivity index (χ0v) is 10.6. The fourth-order valence-corrected chi connectivity index (χ4v) is 2.43. The van der Waals surface area contributed by atoms with Crippen molar-refractivity contribution in [2.75, 3.05) is 30.9 Å². The molecule has 1 atom stereocenters. The lowest BCUT2D eigenvalue weighted by molar-refractivity contribution is 0.238. The Hall–Kier alpha value is -0.520. The Morgan fingerprint density at radius 3 is 3.06 bits per heavy atom. The number of hydrogen-bond acceptors (Lipinski definition) is 5. The molecule has 0 aromatic carbocycles. The molecular weight excluding hydrogens is 246 g/mol. The molecule has 0 saturated carbocycles. The van der Waals surface area contributed by atoms with Crippen LogP contribution in [0.2, 0.25) is 5.15 Å². The molecule has 0 bridgehead atoms. The van der Waals surface area contributed by atoms with Gasteiger partial charge in [0.15, 0.2) is 5.16 Å². The van der Waals surface area contributed by atoms with E-state index in [0.29, 0.717) is 16.2 Å². The van der Waals surface area contributed by atoms with Crippen molar-refractivity contribution in [2.24, 2.45) is 5.92 Å². The molecule has 6 heteroatoms. The van der Waals surface area contributed by atoms with E-state index < -0.39 is 0 Å². The first-order valence-electron chi connectivity index (χ1n) is 5.17. The van der Waals surface area contributed by atoms with Crippen LogP contribution in [-0.2, 0) is 0 Å². The van der Waals surface area contributed by atoms with Crippen molar-refractivity contribution in [2.45, 2.75) is 11.6 Å². The maximum atomic E-state index is 9.10. The van der Waals surface area contributed by atoms with Crippen LogP contribution < -0.4 is 4.90 Å². The Kier molecular flexibility index (Phi) is 3.89. The van der Waals surface area contributed by atoms with Crippen LogP contribution in [0.25, 0.3) is 0 Å². The van der Waals surface area contributed by atoms with Gasteiger partial charge in [0.2, 0.25) is 0 Å². The summed E-state index contributed by atoms with van der Waals surface area (Å²) < 4.78 is 0. The molecule has 0 unspecified atom stereocenters. The quantitative estimate of drug-likeness (QED) is 0.508. The van der Waals surface area contributed by atoms with Crippen molar-refractivity contribution in [1.29, 1.82) is 0 Å². The second-order valence-corrected chi connectivity index (χ2v) is 4.98. The summed E-state index contributed by atoms with van der Waals surface area (Å²) in [6, 6.07) is 1.78. The molecule has 0 aliphatic carbocycles. The van der Waals surface area contributed by atoms with Gasteiger partial charge in [-0.1, -0.05) is 23.4 Å². The summed E-state index contributed by atoms with van der Waals surface area (Å²) in [5, 5.41) is 10.3. The second kappa shape index (κ2) is 5.21. The summed E-state index contributed by atoms with van der Waals surface area (Å²) in [5.41, 5.74) is 0. The molecule has 1 saturated heterocycles. The maximum Gasteiger partial charge on any atom is 0.190 e. The molecule has 1 fully saturated rings. The molecule has 1 aliphatic rings. The third kappa shape index (κ3) is 2.59. The van der Waals surface area contributed by atoms with Gasteiger partial charge in [0.25, 0.3) is 0 Å². The number of thioether (sulfide) groups is 1. The summed E-state index contributed by atoms with van der Waals surface area (Å²) in [6.07, 6.45) is 2.93. The highest BCUT2D eigenvalue weighted by atomic mass is 35.5. The minimum Gasteiger partial charge on any atom is -0.396 e. The van der Waals surface area contributed by atoms with Gasteiger partial charge in [0.1, 0.15) is 11.0 Å². The summed E-state index contributed by atoms with van der Waals surface area (Å²) in [5.74, 6) is 1.21. The first-order chi connectivity index (χ1) is 7.72. The Bertz CT molecular complexity index is 377. The van der Waals surface area contributed by atoms with E-state index in [4.69, 9.17) is 16.7 Å². The Balaban J connectivity index is 2.17. The zero-order chi connectivity index (χ0) is 11.5. The smallest absolute Gasteiger partial charge is 0.190 e. The highest BCUT2D eigenvalue weighted by molar-refractivity contribution is 7.98. The van der Waals surface area contributed by atoms with Crippen LogP contribution in [0.1, 0.15) is 6.42 Å². The molecular formula is C10H14ClN3OS. The van der Waals surface area contributed by atoms with Gasteiger partial charge in [-0.05, 0) is 12.7 Å². The van der Waals surface area contributed by atoms with Crippen LogP contribution in [0, 0.1) is 5.92 Å². The molecule has 1 aromatic rings. The Labute approximate surface area is 104 Å². The van der Waals surface area contributed by atoms with Gasteiger partial charge in [0.05, 0.1) is 0 Å². The Morgan fingerprint density at radius 1 is 1.62 bits per heavy atom. The minimum atomic E-state index is 0.241. The first kappa shape index (κ1) is 12.0. The van der Waals surface area contributed by atoms with Crippen molar-refractivity contribution >= 4 is 29.2 Å². The van der Waals surface area contributed by atoms with Gasteiger partial charge >= 0.3 is 0 Å². The average Bonchev–Trinajstić information content (AvgIpc) is 2.76. The molecule has 1 N–H and O–H groups in total. The summed E-state index contributed by atoms with van der Waals surface area (Å²) in [6.45, 7) is 2.01. The van der Waals surface area contributed by atoms with Gasteiger partial charge in [-0.25, -0.2) is 9.97 Å². The lowest BCUT2D eigenvalue weighted by atomic mass is 10.1. The fourth-order valence-electron chi connectivity index (χ4n) is 1.83. The largest absolute Gasteiger partial charge is 0.396 e. The minimum absolute atomic E-state index is 0.241. The predicted octanol–water partition coefficient (Wildman–Crippen LogP) is 1.67. The number of anilines is 1. The second-order valence-electron chi connectivity index (χ2n) is 3.82. The van der Waals surface area contributed by atoms with Crippen LogP contribution in [0.4, 0.5) is 5.82 Å². The average molecular weight is 260 g/mol. The van der Waals surface area contributed by atoms with Gasteiger partial charge in [-0.3, -0.25) is 0 Å². The van der Waals surface area contributed by atoms with Gasteiger partial charge < -0.3 is 10.0 Å². The van der Waals surface area contributed by atoms with Crippen molar-refractivity contribution in [3.8, 4) is 0 Å². The molecule has 4 nitrogen and oxygen atoms in total. The summed E-state index contributed by atoms with van der Waals surface area (Å²) in [7, 11) is 0. The van der Waals surface area contributed by atoms with E-state index in [1.165, 1.54) is 11.8 Å². The summed E-state index contributed by atoms with van der Waals surface area (Å²) >= 11 is 7.42. The van der Waals surface area contributed by atoms with E-state index in [9.17, 15) is 0 Å². The first-order valence-corrected chi connectivity index (χ1v) is 6.77. The van der Waals surface area contributed by atoms with Crippen molar-refractivity contribution in [1.82, 2.24) is 9.97 Å². The lowest BCUT2D eigenvalue weighted by Crippen LogP contribution is -2.22. The van der Waals surface area contributed by atoms with Crippen molar-refractivity contribution in [3.63, 3.8) is 0 Å². The number of aromatic nitrogens is 2. The SMILES string of the molecule is CSc1nc(Cl)cc(N2CC[C@H](CO)C2)n1. The molecule has 1 aromatic heterocycles. The molecule has 0 amide bonds. The predicted molar refractivity (Wildman–Crippen MR) is 66.2 cm³/mol. The summed E-state index contributed by atoms with van der Waals surface area (Å²) in [4.78, 5) is 10.7. The molecule has 88 valence electrons. The van der Waals surface area contributed by atoms with Crippen LogP contribution in [0.3, 0.4) is 0 Å². The number of rotatable bonds is 3. The third-order valence-corrected chi connectivity index (χ3v) is 3.45. The number of hydrogen-bond donors (Lipinski definition) is 1. The number of aliphatic hydroxyl groups excluding tert-OH is 1.